The maximum absolute atomic E-state index is 12.4. The number of primary amides is 2. The molecular formula is C26H32N6O6. The van der Waals surface area contributed by atoms with E-state index in [1.807, 2.05) is 12.1 Å². The van der Waals surface area contributed by atoms with Gasteiger partial charge >= 0.3 is 12.2 Å². The fraction of sp³-hybridized carbons (Fsp3) is 0.385. The maximum atomic E-state index is 12.4. The fourth-order valence-corrected chi connectivity index (χ4v) is 4.45. The Labute approximate surface area is 220 Å². The summed E-state index contributed by atoms with van der Waals surface area (Å²) in [6.45, 7) is 4.14. The number of rotatable bonds is 7. The fourth-order valence-electron chi connectivity index (χ4n) is 4.45. The van der Waals surface area contributed by atoms with E-state index < -0.39 is 24.0 Å². The van der Waals surface area contributed by atoms with Crippen LogP contribution in [-0.4, -0.2) is 99.4 Å². The van der Waals surface area contributed by atoms with Crippen molar-refractivity contribution in [1.29, 1.82) is 0 Å². The number of carbonyl (C=O) groups is 4. The summed E-state index contributed by atoms with van der Waals surface area (Å²) in [5.74, 6) is -0.964. The van der Waals surface area contributed by atoms with Crippen LogP contribution in [0.25, 0.3) is 0 Å². The van der Waals surface area contributed by atoms with E-state index in [1.165, 1.54) is 0 Å². The van der Waals surface area contributed by atoms with Gasteiger partial charge in [0.25, 0.3) is 0 Å². The quantitative estimate of drug-likeness (QED) is 0.511. The molecular weight excluding hydrogens is 492 g/mol. The topological polar surface area (TPSA) is 152 Å². The number of anilines is 2. The maximum Gasteiger partial charge on any atom is 0.410 e. The van der Waals surface area contributed by atoms with Crippen molar-refractivity contribution >= 4 is 35.4 Å². The molecule has 0 saturated carbocycles. The highest BCUT2D eigenvalue weighted by Crippen LogP contribution is 2.19. The SMILES string of the molecule is NC(=O)c1cccc(N2CCN(C(=O)OCCOC(=O)N3CCN(c4cccc(C(N)=O)c4)CC3)CC2)c1. The summed E-state index contributed by atoms with van der Waals surface area (Å²) in [4.78, 5) is 55.0. The molecule has 2 fully saturated rings. The Morgan fingerprint density at radius 3 is 1.32 bits per heavy atom. The highest BCUT2D eigenvalue weighted by molar-refractivity contribution is 5.94. The zero-order chi connectivity index (χ0) is 27.1. The number of nitrogens with two attached hydrogens (primary N) is 2. The molecule has 2 aromatic carbocycles. The number of hydrogen-bond donors (Lipinski definition) is 2. The van der Waals surface area contributed by atoms with Gasteiger partial charge in [0.2, 0.25) is 11.8 Å². The first-order chi connectivity index (χ1) is 18.3. The highest BCUT2D eigenvalue weighted by Gasteiger charge is 2.24. The predicted octanol–water partition coefficient (Wildman–Crippen LogP) is 1.10. The zero-order valence-corrected chi connectivity index (χ0v) is 21.1. The third kappa shape index (κ3) is 6.64. The highest BCUT2D eigenvalue weighted by atomic mass is 16.6. The van der Waals surface area contributed by atoms with Crippen molar-refractivity contribution in [3.8, 4) is 0 Å². The van der Waals surface area contributed by atoms with Crippen LogP contribution in [0.1, 0.15) is 20.7 Å². The van der Waals surface area contributed by atoms with E-state index >= 15 is 0 Å². The lowest BCUT2D eigenvalue weighted by Gasteiger charge is -2.36. The van der Waals surface area contributed by atoms with Gasteiger partial charge in [0.05, 0.1) is 0 Å². The smallest absolute Gasteiger partial charge is 0.410 e. The van der Waals surface area contributed by atoms with Crippen molar-refractivity contribution in [2.45, 2.75) is 0 Å². The van der Waals surface area contributed by atoms with Crippen molar-refractivity contribution in [3.05, 3.63) is 59.7 Å². The zero-order valence-electron chi connectivity index (χ0n) is 21.1. The van der Waals surface area contributed by atoms with Gasteiger partial charge in [0, 0.05) is 74.9 Å². The van der Waals surface area contributed by atoms with E-state index in [0.29, 0.717) is 63.5 Å². The van der Waals surface area contributed by atoms with E-state index in [9.17, 15) is 19.2 Å². The van der Waals surface area contributed by atoms with Gasteiger partial charge in [-0.3, -0.25) is 9.59 Å². The first kappa shape index (κ1) is 26.6. The Morgan fingerprint density at radius 2 is 0.974 bits per heavy atom. The second-order valence-electron chi connectivity index (χ2n) is 9.01. The van der Waals surface area contributed by atoms with Crippen LogP contribution in [0, 0.1) is 0 Å². The monoisotopic (exact) mass is 524 g/mol. The Kier molecular flexibility index (Phi) is 8.51. The molecule has 12 heteroatoms. The van der Waals surface area contributed by atoms with Crippen LogP contribution in [-0.2, 0) is 9.47 Å². The molecule has 2 aromatic rings. The molecule has 0 atom stereocenters. The Morgan fingerprint density at radius 1 is 0.605 bits per heavy atom. The molecule has 202 valence electrons. The van der Waals surface area contributed by atoms with Gasteiger partial charge in [-0.25, -0.2) is 9.59 Å². The third-order valence-electron chi connectivity index (χ3n) is 6.60. The van der Waals surface area contributed by atoms with E-state index in [-0.39, 0.29) is 13.2 Å². The van der Waals surface area contributed by atoms with Crippen molar-refractivity contribution < 1.29 is 28.7 Å². The molecule has 2 saturated heterocycles. The number of carbonyl (C=O) groups excluding carboxylic acids is 4. The number of benzene rings is 2. The van der Waals surface area contributed by atoms with E-state index in [2.05, 4.69) is 9.80 Å². The van der Waals surface area contributed by atoms with Gasteiger partial charge in [-0.15, -0.1) is 0 Å². The van der Waals surface area contributed by atoms with Gasteiger partial charge in [-0.2, -0.15) is 0 Å². The normalized spacial score (nSPS) is 15.7. The average molecular weight is 525 g/mol. The Bertz CT molecular complexity index is 1080. The van der Waals surface area contributed by atoms with Crippen molar-refractivity contribution in [2.24, 2.45) is 11.5 Å². The standard InChI is InChI=1S/C26H32N6O6/c27-23(33)19-3-1-5-21(17-19)29-7-11-31(12-8-29)25(35)37-15-16-38-26(36)32-13-9-30(10-14-32)22-6-2-4-20(18-22)24(28)34/h1-6,17-18H,7-16H2,(H2,27,33)(H2,28,34). The molecule has 0 aliphatic carbocycles. The van der Waals surface area contributed by atoms with E-state index in [1.54, 1.807) is 46.2 Å². The van der Waals surface area contributed by atoms with Crippen LogP contribution in [0.2, 0.25) is 0 Å². The molecule has 4 rings (SSSR count). The first-order valence-corrected chi connectivity index (χ1v) is 12.4. The second kappa shape index (κ2) is 12.2. The van der Waals surface area contributed by atoms with Gasteiger partial charge in [0.1, 0.15) is 13.2 Å². The van der Waals surface area contributed by atoms with E-state index in [0.717, 1.165) is 11.4 Å². The molecule has 38 heavy (non-hydrogen) atoms. The summed E-state index contributed by atoms with van der Waals surface area (Å²) in [7, 11) is 0. The van der Waals surface area contributed by atoms with Crippen LogP contribution < -0.4 is 21.3 Å². The Hall–Kier alpha value is -4.48. The number of amides is 4. The lowest BCUT2D eigenvalue weighted by atomic mass is 10.1. The van der Waals surface area contributed by atoms with Crippen LogP contribution >= 0.6 is 0 Å². The number of nitrogens with zero attached hydrogens (tertiary/aromatic N) is 4. The predicted molar refractivity (Wildman–Crippen MR) is 140 cm³/mol. The molecule has 0 unspecified atom stereocenters. The van der Waals surface area contributed by atoms with Gasteiger partial charge in [-0.05, 0) is 36.4 Å². The minimum atomic E-state index is -0.482. The lowest BCUT2D eigenvalue weighted by molar-refractivity contribution is 0.0574. The van der Waals surface area contributed by atoms with Gasteiger partial charge in [0.15, 0.2) is 0 Å². The largest absolute Gasteiger partial charge is 0.446 e. The summed E-state index contributed by atoms with van der Waals surface area (Å²) in [6.07, 6.45) is -0.920. The molecule has 0 bridgehead atoms. The van der Waals surface area contributed by atoms with Crippen LogP contribution in [0.15, 0.2) is 48.5 Å². The molecule has 2 aliphatic rings. The second-order valence-corrected chi connectivity index (χ2v) is 9.01. The van der Waals surface area contributed by atoms with Crippen molar-refractivity contribution in [1.82, 2.24) is 9.80 Å². The lowest BCUT2D eigenvalue weighted by Crippen LogP contribution is -2.49. The number of hydrogen-bond acceptors (Lipinski definition) is 8. The molecule has 4 N–H and O–H groups in total. The first-order valence-electron chi connectivity index (χ1n) is 12.4. The number of ether oxygens (including phenoxy) is 2. The molecule has 4 amide bonds. The minimum absolute atomic E-state index is 0.0364. The molecule has 0 aromatic heterocycles. The third-order valence-corrected chi connectivity index (χ3v) is 6.60. The summed E-state index contributed by atoms with van der Waals surface area (Å²) in [6, 6.07) is 14.2. The summed E-state index contributed by atoms with van der Waals surface area (Å²) in [5.41, 5.74) is 13.3. The van der Waals surface area contributed by atoms with Crippen LogP contribution in [0.3, 0.4) is 0 Å². The van der Waals surface area contributed by atoms with Crippen LogP contribution in [0.4, 0.5) is 21.0 Å². The number of piperazine rings is 2. The summed E-state index contributed by atoms with van der Waals surface area (Å²) in [5, 5.41) is 0. The van der Waals surface area contributed by atoms with E-state index in [4.69, 9.17) is 20.9 Å². The Balaban J connectivity index is 1.13. The van der Waals surface area contributed by atoms with Crippen LogP contribution in [0.5, 0.6) is 0 Å². The van der Waals surface area contributed by atoms with Gasteiger partial charge < -0.3 is 40.5 Å². The van der Waals surface area contributed by atoms with Crippen molar-refractivity contribution in [2.75, 3.05) is 75.4 Å². The average Bonchev–Trinajstić information content (AvgIpc) is 2.95. The van der Waals surface area contributed by atoms with Crippen molar-refractivity contribution in [3.63, 3.8) is 0 Å². The summed E-state index contributed by atoms with van der Waals surface area (Å²) >= 11 is 0. The minimum Gasteiger partial charge on any atom is -0.446 e. The van der Waals surface area contributed by atoms with Gasteiger partial charge in [-0.1, -0.05) is 12.1 Å². The summed E-state index contributed by atoms with van der Waals surface area (Å²) < 4.78 is 10.6. The molecule has 2 aliphatic heterocycles. The molecule has 2 heterocycles. The molecule has 0 radical (unpaired) electrons. The molecule has 12 nitrogen and oxygen atoms in total. The molecule has 0 spiro atoms.